The third kappa shape index (κ3) is 3.32. The second kappa shape index (κ2) is 6.96. The lowest BCUT2D eigenvalue weighted by Crippen LogP contribution is -2.30. The van der Waals surface area contributed by atoms with E-state index in [2.05, 4.69) is 20.6 Å². The van der Waals surface area contributed by atoms with Crippen molar-refractivity contribution in [2.24, 2.45) is 0 Å². The van der Waals surface area contributed by atoms with Crippen molar-refractivity contribution in [2.75, 3.05) is 18.4 Å². The molecule has 0 bridgehead atoms. The van der Waals surface area contributed by atoms with Crippen LogP contribution < -0.4 is 10.6 Å². The van der Waals surface area contributed by atoms with Crippen LogP contribution in [0, 0.1) is 0 Å². The average Bonchev–Trinajstić information content (AvgIpc) is 2.73. The van der Waals surface area contributed by atoms with Crippen molar-refractivity contribution in [1.82, 2.24) is 15.3 Å². The van der Waals surface area contributed by atoms with Gasteiger partial charge in [0.25, 0.3) is 0 Å². The number of carbonyl (C=O) groups is 1. The van der Waals surface area contributed by atoms with Crippen LogP contribution in [-0.2, 0) is 4.79 Å². The van der Waals surface area contributed by atoms with Crippen LogP contribution in [0.5, 0.6) is 0 Å². The quantitative estimate of drug-likeness (QED) is 0.849. The van der Waals surface area contributed by atoms with Gasteiger partial charge in [0, 0.05) is 18.5 Å². The minimum absolute atomic E-state index is 0.0989. The summed E-state index contributed by atoms with van der Waals surface area (Å²) in [6.45, 7) is 3.62. The van der Waals surface area contributed by atoms with Crippen molar-refractivity contribution in [3.8, 4) is 0 Å². The maximum atomic E-state index is 12.1. The minimum atomic E-state index is -0.0989. The fraction of sp³-hybridized carbons (Fsp3) is 0.438. The van der Waals surface area contributed by atoms with Crippen LogP contribution in [-0.4, -0.2) is 34.2 Å². The zero-order chi connectivity index (χ0) is 15.4. The Kier molecular flexibility index (Phi) is 4.77. The Bertz CT molecular complexity index is 676. The topological polar surface area (TPSA) is 66.9 Å². The number of amides is 1. The van der Waals surface area contributed by atoms with Crippen LogP contribution >= 0.6 is 11.8 Å². The van der Waals surface area contributed by atoms with E-state index in [1.165, 1.54) is 11.8 Å². The first-order valence-corrected chi connectivity index (χ1v) is 8.61. The molecule has 0 radical (unpaired) electrons. The van der Waals surface area contributed by atoms with E-state index in [0.717, 1.165) is 49.1 Å². The van der Waals surface area contributed by atoms with Gasteiger partial charge in [0.05, 0.1) is 10.8 Å². The highest BCUT2D eigenvalue weighted by Crippen LogP contribution is 2.29. The van der Waals surface area contributed by atoms with Crippen molar-refractivity contribution in [3.63, 3.8) is 0 Å². The Morgan fingerprint density at radius 3 is 3.05 bits per heavy atom. The van der Waals surface area contributed by atoms with Gasteiger partial charge in [-0.3, -0.25) is 4.79 Å². The maximum absolute atomic E-state index is 12.1. The van der Waals surface area contributed by atoms with Gasteiger partial charge in [0.2, 0.25) is 5.91 Å². The SMILES string of the molecule is CCNc1nc(S[C@@H]2CCCCNC2=O)nc2ccccc12. The molecule has 3 rings (SSSR count). The minimum Gasteiger partial charge on any atom is -0.370 e. The van der Waals surface area contributed by atoms with Gasteiger partial charge >= 0.3 is 0 Å². The molecule has 0 spiro atoms. The molecule has 116 valence electrons. The molecule has 6 heteroatoms. The summed E-state index contributed by atoms with van der Waals surface area (Å²) in [5.41, 5.74) is 0.907. The molecule has 0 saturated carbocycles. The molecule has 1 aliphatic rings. The third-order valence-electron chi connectivity index (χ3n) is 3.66. The largest absolute Gasteiger partial charge is 0.370 e. The molecular weight excluding hydrogens is 296 g/mol. The molecule has 1 atom stereocenters. The Morgan fingerprint density at radius 1 is 1.32 bits per heavy atom. The molecule has 0 aliphatic carbocycles. The van der Waals surface area contributed by atoms with Gasteiger partial charge < -0.3 is 10.6 Å². The molecule has 1 amide bonds. The predicted octanol–water partition coefficient (Wildman–Crippen LogP) is 2.82. The van der Waals surface area contributed by atoms with E-state index in [-0.39, 0.29) is 11.2 Å². The summed E-state index contributed by atoms with van der Waals surface area (Å²) in [6, 6.07) is 7.95. The lowest BCUT2D eigenvalue weighted by Gasteiger charge is -2.13. The van der Waals surface area contributed by atoms with Crippen LogP contribution in [0.1, 0.15) is 26.2 Å². The number of hydrogen-bond acceptors (Lipinski definition) is 5. The van der Waals surface area contributed by atoms with Crippen molar-refractivity contribution in [1.29, 1.82) is 0 Å². The van der Waals surface area contributed by atoms with Crippen molar-refractivity contribution in [2.45, 2.75) is 36.6 Å². The molecule has 2 N–H and O–H groups in total. The molecular formula is C16H20N4OS. The summed E-state index contributed by atoms with van der Waals surface area (Å²) in [7, 11) is 0. The summed E-state index contributed by atoms with van der Waals surface area (Å²) in [5, 5.41) is 7.83. The van der Waals surface area contributed by atoms with E-state index in [1.54, 1.807) is 0 Å². The highest BCUT2D eigenvalue weighted by atomic mass is 32.2. The second-order valence-corrected chi connectivity index (χ2v) is 6.47. The van der Waals surface area contributed by atoms with Crippen LogP contribution in [0.3, 0.4) is 0 Å². The first-order valence-electron chi connectivity index (χ1n) is 7.73. The lowest BCUT2D eigenvalue weighted by molar-refractivity contribution is -0.120. The van der Waals surface area contributed by atoms with Crippen molar-refractivity contribution in [3.05, 3.63) is 24.3 Å². The summed E-state index contributed by atoms with van der Waals surface area (Å²) in [6.07, 6.45) is 2.98. The zero-order valence-electron chi connectivity index (χ0n) is 12.6. The molecule has 2 aromatic rings. The molecule has 1 fully saturated rings. The Hall–Kier alpha value is -1.82. The number of anilines is 1. The molecule has 5 nitrogen and oxygen atoms in total. The fourth-order valence-electron chi connectivity index (χ4n) is 2.56. The number of thioether (sulfide) groups is 1. The summed E-state index contributed by atoms with van der Waals surface area (Å²) >= 11 is 1.47. The van der Waals surface area contributed by atoms with Crippen molar-refractivity contribution < 1.29 is 4.79 Å². The zero-order valence-corrected chi connectivity index (χ0v) is 13.4. The average molecular weight is 316 g/mol. The number of rotatable bonds is 4. The molecule has 1 aliphatic heterocycles. The van der Waals surface area contributed by atoms with Gasteiger partial charge in [-0.2, -0.15) is 0 Å². The van der Waals surface area contributed by atoms with E-state index in [9.17, 15) is 4.79 Å². The molecule has 1 aromatic heterocycles. The lowest BCUT2D eigenvalue weighted by atomic mass is 10.2. The molecule has 22 heavy (non-hydrogen) atoms. The summed E-state index contributed by atoms with van der Waals surface area (Å²) < 4.78 is 0. The van der Waals surface area contributed by atoms with Crippen LogP contribution in [0.15, 0.2) is 29.4 Å². The van der Waals surface area contributed by atoms with Gasteiger partial charge in [0.1, 0.15) is 5.82 Å². The van der Waals surface area contributed by atoms with Crippen LogP contribution in [0.2, 0.25) is 0 Å². The normalized spacial score (nSPS) is 18.8. The number of fused-ring (bicyclic) bond motifs is 1. The number of nitrogens with one attached hydrogen (secondary N) is 2. The van der Waals surface area contributed by atoms with Crippen LogP contribution in [0.4, 0.5) is 5.82 Å². The standard InChI is InChI=1S/C16H20N4OS/c1-2-17-14-11-7-3-4-8-12(11)19-16(20-14)22-13-9-5-6-10-18-15(13)21/h3-4,7-8,13H,2,5-6,9-10H2,1H3,(H,18,21)(H,17,19,20)/t13-/m1/s1. The molecule has 2 heterocycles. The van der Waals surface area contributed by atoms with Gasteiger partial charge in [0.15, 0.2) is 5.16 Å². The first kappa shape index (κ1) is 15.1. The Morgan fingerprint density at radius 2 is 2.18 bits per heavy atom. The second-order valence-electron chi connectivity index (χ2n) is 5.30. The van der Waals surface area contributed by atoms with E-state index < -0.39 is 0 Å². The van der Waals surface area contributed by atoms with E-state index in [1.807, 2.05) is 31.2 Å². The van der Waals surface area contributed by atoms with E-state index in [0.29, 0.717) is 5.16 Å². The first-order chi connectivity index (χ1) is 10.8. The highest BCUT2D eigenvalue weighted by Gasteiger charge is 2.23. The fourth-order valence-corrected chi connectivity index (χ4v) is 3.59. The van der Waals surface area contributed by atoms with Crippen LogP contribution in [0.25, 0.3) is 10.9 Å². The van der Waals surface area contributed by atoms with Gasteiger partial charge in [-0.05, 0) is 31.9 Å². The number of aromatic nitrogens is 2. The monoisotopic (exact) mass is 316 g/mol. The van der Waals surface area contributed by atoms with Crippen molar-refractivity contribution >= 4 is 34.4 Å². The third-order valence-corrected chi connectivity index (χ3v) is 4.79. The summed E-state index contributed by atoms with van der Waals surface area (Å²) in [4.78, 5) is 21.3. The molecule has 1 saturated heterocycles. The maximum Gasteiger partial charge on any atom is 0.233 e. The number of benzene rings is 1. The van der Waals surface area contributed by atoms with E-state index >= 15 is 0 Å². The Balaban J connectivity index is 1.91. The van der Waals surface area contributed by atoms with Gasteiger partial charge in [-0.25, -0.2) is 9.97 Å². The number of para-hydroxylation sites is 1. The summed E-state index contributed by atoms with van der Waals surface area (Å²) in [5.74, 6) is 0.939. The van der Waals surface area contributed by atoms with Gasteiger partial charge in [-0.15, -0.1) is 0 Å². The number of hydrogen-bond donors (Lipinski definition) is 2. The molecule has 0 unspecified atom stereocenters. The predicted molar refractivity (Wildman–Crippen MR) is 90.2 cm³/mol. The number of carbonyl (C=O) groups excluding carboxylic acids is 1. The smallest absolute Gasteiger partial charge is 0.233 e. The highest BCUT2D eigenvalue weighted by molar-refractivity contribution is 8.00. The number of nitrogens with zero attached hydrogens (tertiary/aromatic N) is 2. The Labute approximate surface area is 134 Å². The van der Waals surface area contributed by atoms with Gasteiger partial charge in [-0.1, -0.05) is 30.3 Å². The van der Waals surface area contributed by atoms with E-state index in [4.69, 9.17) is 0 Å². The molecule has 1 aromatic carbocycles.